The maximum atomic E-state index is 6.86. The average Bonchev–Trinajstić information content (AvgIpc) is 3.39. The standard InChI is InChI=1S/C19H22ClN5O/c20-16-9-4-1-6-14(16)12-19(21,17-10-5-11-26-17)13-18-22-23-24-25(18)15-7-2-3-8-15/h1,4-6,9-11,15H,2-3,7-8,12-13,21H2. The predicted octanol–water partition coefficient (Wildman–Crippen LogP) is 3.67. The van der Waals surface area contributed by atoms with Crippen LogP contribution in [0.2, 0.25) is 5.02 Å². The molecular formula is C19H22ClN5O. The van der Waals surface area contributed by atoms with Crippen molar-refractivity contribution in [3.8, 4) is 0 Å². The highest BCUT2D eigenvalue weighted by Crippen LogP contribution is 2.33. The second kappa shape index (κ2) is 7.21. The zero-order chi connectivity index (χ0) is 18.0. The van der Waals surface area contributed by atoms with Crippen LogP contribution in [0.25, 0.3) is 0 Å². The zero-order valence-electron chi connectivity index (χ0n) is 14.5. The number of nitrogens with two attached hydrogens (primary N) is 1. The van der Waals surface area contributed by atoms with Gasteiger partial charge in [-0.15, -0.1) is 5.10 Å². The molecule has 26 heavy (non-hydrogen) atoms. The van der Waals surface area contributed by atoms with Gasteiger partial charge in [0.15, 0.2) is 5.82 Å². The SMILES string of the molecule is NC(Cc1ccccc1Cl)(Cc1nnnn1C1CCCC1)c1ccco1. The molecule has 1 unspecified atom stereocenters. The Bertz CT molecular complexity index is 856. The Morgan fingerprint density at radius 3 is 2.69 bits per heavy atom. The molecule has 0 radical (unpaired) electrons. The number of furan rings is 1. The van der Waals surface area contributed by atoms with Crippen molar-refractivity contribution in [2.75, 3.05) is 0 Å². The van der Waals surface area contributed by atoms with Crippen molar-refractivity contribution in [1.82, 2.24) is 20.2 Å². The van der Waals surface area contributed by atoms with Gasteiger partial charge in [-0.25, -0.2) is 4.68 Å². The highest BCUT2D eigenvalue weighted by Gasteiger charge is 2.35. The Hall–Kier alpha value is -2.18. The van der Waals surface area contributed by atoms with Crippen molar-refractivity contribution >= 4 is 11.6 Å². The van der Waals surface area contributed by atoms with E-state index < -0.39 is 5.54 Å². The summed E-state index contributed by atoms with van der Waals surface area (Å²) in [7, 11) is 0. The summed E-state index contributed by atoms with van der Waals surface area (Å²) in [6.07, 6.45) is 7.32. The van der Waals surface area contributed by atoms with Crippen LogP contribution in [0.1, 0.15) is 48.9 Å². The van der Waals surface area contributed by atoms with E-state index in [0.29, 0.717) is 29.7 Å². The Morgan fingerprint density at radius 1 is 1.15 bits per heavy atom. The lowest BCUT2D eigenvalue weighted by atomic mass is 9.85. The van der Waals surface area contributed by atoms with Gasteiger partial charge in [0.25, 0.3) is 0 Å². The number of tetrazole rings is 1. The van der Waals surface area contributed by atoms with Crippen molar-refractivity contribution in [3.63, 3.8) is 0 Å². The van der Waals surface area contributed by atoms with Gasteiger partial charge in [0.1, 0.15) is 5.76 Å². The van der Waals surface area contributed by atoms with Crippen LogP contribution in [-0.4, -0.2) is 20.2 Å². The number of rotatable bonds is 6. The van der Waals surface area contributed by atoms with E-state index >= 15 is 0 Å². The largest absolute Gasteiger partial charge is 0.467 e. The molecule has 1 saturated carbocycles. The third kappa shape index (κ3) is 3.39. The maximum Gasteiger partial charge on any atom is 0.153 e. The maximum absolute atomic E-state index is 6.86. The Labute approximate surface area is 157 Å². The molecule has 1 atom stereocenters. The second-order valence-corrected chi connectivity index (χ2v) is 7.46. The van der Waals surface area contributed by atoms with Crippen molar-refractivity contribution < 1.29 is 4.42 Å². The van der Waals surface area contributed by atoms with E-state index in [1.54, 1.807) is 6.26 Å². The molecule has 1 fully saturated rings. The van der Waals surface area contributed by atoms with E-state index in [1.165, 1.54) is 12.8 Å². The van der Waals surface area contributed by atoms with Gasteiger partial charge in [0.2, 0.25) is 0 Å². The van der Waals surface area contributed by atoms with Gasteiger partial charge in [0, 0.05) is 11.4 Å². The highest BCUT2D eigenvalue weighted by atomic mass is 35.5. The van der Waals surface area contributed by atoms with Crippen LogP contribution in [0.15, 0.2) is 47.1 Å². The zero-order valence-corrected chi connectivity index (χ0v) is 15.3. The Balaban J connectivity index is 1.67. The van der Waals surface area contributed by atoms with E-state index in [0.717, 1.165) is 24.2 Å². The van der Waals surface area contributed by atoms with E-state index in [-0.39, 0.29) is 0 Å². The van der Waals surface area contributed by atoms with Gasteiger partial charge >= 0.3 is 0 Å². The third-order valence-corrected chi connectivity index (χ3v) is 5.55. The molecule has 2 N–H and O–H groups in total. The lowest BCUT2D eigenvalue weighted by Crippen LogP contribution is -2.42. The number of hydrogen-bond acceptors (Lipinski definition) is 5. The molecule has 6 nitrogen and oxygen atoms in total. The number of nitrogens with zero attached hydrogens (tertiary/aromatic N) is 4. The molecule has 3 aromatic rings. The first-order valence-corrected chi connectivity index (χ1v) is 9.36. The normalized spacial score (nSPS) is 17.5. The van der Waals surface area contributed by atoms with Gasteiger partial charge in [0.05, 0.1) is 17.8 Å². The quantitative estimate of drug-likeness (QED) is 0.714. The third-order valence-electron chi connectivity index (χ3n) is 5.18. The minimum atomic E-state index is -0.778. The summed E-state index contributed by atoms with van der Waals surface area (Å²) in [5.41, 5.74) is 7.06. The fraction of sp³-hybridized carbons (Fsp3) is 0.421. The highest BCUT2D eigenvalue weighted by molar-refractivity contribution is 6.31. The van der Waals surface area contributed by atoms with Crippen LogP contribution in [0, 0.1) is 0 Å². The van der Waals surface area contributed by atoms with Gasteiger partial charge < -0.3 is 10.2 Å². The molecule has 0 saturated heterocycles. The molecule has 136 valence electrons. The lowest BCUT2D eigenvalue weighted by Gasteiger charge is -2.28. The van der Waals surface area contributed by atoms with Crippen LogP contribution >= 0.6 is 11.6 Å². The summed E-state index contributed by atoms with van der Waals surface area (Å²) in [5.74, 6) is 1.50. The van der Waals surface area contributed by atoms with Crippen molar-refractivity contribution in [2.45, 2.75) is 50.1 Å². The molecule has 7 heteroatoms. The molecule has 2 aromatic heterocycles. The van der Waals surface area contributed by atoms with Gasteiger partial charge in [-0.05, 0) is 53.5 Å². The number of halogens is 1. The van der Waals surface area contributed by atoms with E-state index in [1.807, 2.05) is 41.1 Å². The van der Waals surface area contributed by atoms with Gasteiger partial charge in [-0.3, -0.25) is 0 Å². The van der Waals surface area contributed by atoms with Crippen LogP contribution in [-0.2, 0) is 18.4 Å². The van der Waals surface area contributed by atoms with Crippen molar-refractivity contribution in [1.29, 1.82) is 0 Å². The molecule has 1 aromatic carbocycles. The molecule has 0 bridgehead atoms. The lowest BCUT2D eigenvalue weighted by molar-refractivity contribution is 0.319. The van der Waals surface area contributed by atoms with E-state index in [9.17, 15) is 0 Å². The van der Waals surface area contributed by atoms with Crippen molar-refractivity contribution in [3.05, 3.63) is 64.8 Å². The molecule has 4 rings (SSSR count). The Morgan fingerprint density at radius 2 is 1.96 bits per heavy atom. The van der Waals surface area contributed by atoms with Crippen LogP contribution < -0.4 is 5.73 Å². The van der Waals surface area contributed by atoms with Gasteiger partial charge in [-0.1, -0.05) is 42.6 Å². The topological polar surface area (TPSA) is 82.8 Å². The summed E-state index contributed by atoms with van der Waals surface area (Å²) < 4.78 is 7.63. The number of aromatic nitrogens is 4. The molecule has 0 spiro atoms. The molecule has 1 aliphatic rings. The summed E-state index contributed by atoms with van der Waals surface area (Å²) in [6, 6.07) is 11.9. The predicted molar refractivity (Wildman–Crippen MR) is 98.8 cm³/mol. The van der Waals surface area contributed by atoms with Crippen LogP contribution in [0.4, 0.5) is 0 Å². The molecule has 0 amide bonds. The Kier molecular flexibility index (Phi) is 4.78. The first-order chi connectivity index (χ1) is 12.7. The number of benzene rings is 1. The summed E-state index contributed by atoms with van der Waals surface area (Å²) >= 11 is 6.38. The molecule has 2 heterocycles. The summed E-state index contributed by atoms with van der Waals surface area (Å²) in [5, 5.41) is 13.1. The van der Waals surface area contributed by atoms with E-state index in [4.69, 9.17) is 21.8 Å². The summed E-state index contributed by atoms with van der Waals surface area (Å²) in [4.78, 5) is 0. The first-order valence-electron chi connectivity index (χ1n) is 8.99. The summed E-state index contributed by atoms with van der Waals surface area (Å²) in [6.45, 7) is 0. The average molecular weight is 372 g/mol. The monoisotopic (exact) mass is 371 g/mol. The van der Waals surface area contributed by atoms with Gasteiger partial charge in [-0.2, -0.15) is 0 Å². The van der Waals surface area contributed by atoms with Crippen LogP contribution in [0.3, 0.4) is 0 Å². The minimum absolute atomic E-state index is 0.362. The second-order valence-electron chi connectivity index (χ2n) is 7.06. The number of hydrogen-bond donors (Lipinski definition) is 1. The van der Waals surface area contributed by atoms with Crippen LogP contribution in [0.5, 0.6) is 0 Å². The fourth-order valence-corrected chi connectivity index (χ4v) is 4.03. The van der Waals surface area contributed by atoms with E-state index in [2.05, 4.69) is 15.5 Å². The fourth-order valence-electron chi connectivity index (χ4n) is 3.82. The molecule has 1 aliphatic carbocycles. The smallest absolute Gasteiger partial charge is 0.153 e. The van der Waals surface area contributed by atoms with Crippen molar-refractivity contribution in [2.24, 2.45) is 5.73 Å². The minimum Gasteiger partial charge on any atom is -0.467 e. The molecule has 0 aliphatic heterocycles. The molecular weight excluding hydrogens is 350 g/mol. The first kappa shape index (κ1) is 17.2.